The molecule has 31 heavy (non-hydrogen) atoms. The molecule has 1 amide bonds. The summed E-state index contributed by atoms with van der Waals surface area (Å²) in [6.07, 6.45) is 6.68. The van der Waals surface area contributed by atoms with Crippen molar-refractivity contribution in [3.63, 3.8) is 0 Å². The van der Waals surface area contributed by atoms with E-state index in [1.165, 1.54) is 11.0 Å². The van der Waals surface area contributed by atoms with Crippen LogP contribution in [-0.4, -0.2) is 54.9 Å². The van der Waals surface area contributed by atoms with Crippen molar-refractivity contribution >= 4 is 11.7 Å². The molecule has 4 heterocycles. The van der Waals surface area contributed by atoms with Crippen molar-refractivity contribution in [2.75, 3.05) is 18.4 Å². The van der Waals surface area contributed by atoms with Crippen molar-refractivity contribution in [3.05, 3.63) is 59.8 Å². The number of hydrogen-bond acceptors (Lipinski definition) is 7. The number of hydrogen-bond donors (Lipinski definition) is 1. The van der Waals surface area contributed by atoms with Gasteiger partial charge in [0.05, 0.1) is 24.0 Å². The Morgan fingerprint density at radius 3 is 2.77 bits per heavy atom. The minimum atomic E-state index is -0.123. The maximum Gasteiger partial charge on any atom is 0.275 e. The van der Waals surface area contributed by atoms with Gasteiger partial charge in [-0.1, -0.05) is 6.92 Å². The summed E-state index contributed by atoms with van der Waals surface area (Å²) < 4.78 is 0. The molecule has 9 heteroatoms. The van der Waals surface area contributed by atoms with Crippen LogP contribution in [0.2, 0.25) is 0 Å². The predicted molar refractivity (Wildman–Crippen MR) is 115 cm³/mol. The van der Waals surface area contributed by atoms with Crippen LogP contribution in [-0.2, 0) is 0 Å². The van der Waals surface area contributed by atoms with Crippen LogP contribution < -0.4 is 5.32 Å². The Morgan fingerprint density at radius 1 is 1.26 bits per heavy atom. The first-order valence-electron chi connectivity index (χ1n) is 10.3. The lowest BCUT2D eigenvalue weighted by Crippen LogP contribution is -2.51. The van der Waals surface area contributed by atoms with E-state index < -0.39 is 0 Å². The molecule has 0 radical (unpaired) electrons. The number of nitriles is 1. The van der Waals surface area contributed by atoms with Gasteiger partial charge in [0.1, 0.15) is 17.6 Å². The normalized spacial score (nSPS) is 18.4. The van der Waals surface area contributed by atoms with Crippen LogP contribution in [0.4, 0.5) is 5.82 Å². The van der Waals surface area contributed by atoms with Gasteiger partial charge < -0.3 is 10.2 Å². The number of anilines is 1. The first kappa shape index (κ1) is 20.5. The van der Waals surface area contributed by atoms with Crippen molar-refractivity contribution in [1.82, 2.24) is 29.9 Å². The van der Waals surface area contributed by atoms with Gasteiger partial charge in [0, 0.05) is 25.0 Å². The number of nitrogens with zero attached hydrogens (tertiary/aromatic N) is 7. The molecule has 0 spiro atoms. The molecule has 0 bridgehead atoms. The summed E-state index contributed by atoms with van der Waals surface area (Å²) in [5, 5.41) is 20.6. The number of amides is 1. The lowest BCUT2D eigenvalue weighted by Gasteiger charge is -2.40. The highest BCUT2D eigenvalue weighted by Gasteiger charge is 2.34. The van der Waals surface area contributed by atoms with Gasteiger partial charge in [0.2, 0.25) is 0 Å². The maximum absolute atomic E-state index is 13.6. The quantitative estimate of drug-likeness (QED) is 0.680. The fourth-order valence-electron chi connectivity index (χ4n) is 3.93. The van der Waals surface area contributed by atoms with Crippen LogP contribution in [0.3, 0.4) is 0 Å². The van der Waals surface area contributed by atoms with Gasteiger partial charge >= 0.3 is 0 Å². The third-order valence-corrected chi connectivity index (χ3v) is 5.61. The molecule has 3 aromatic heterocycles. The first-order chi connectivity index (χ1) is 15.1. The zero-order valence-corrected chi connectivity index (χ0v) is 17.6. The number of carbonyl (C=O) groups is 1. The van der Waals surface area contributed by atoms with Crippen molar-refractivity contribution < 1.29 is 4.79 Å². The van der Waals surface area contributed by atoms with Crippen molar-refractivity contribution in [1.29, 1.82) is 5.26 Å². The minimum Gasteiger partial charge on any atom is -0.368 e. The molecule has 1 aliphatic rings. The van der Waals surface area contributed by atoms with Gasteiger partial charge in [0.15, 0.2) is 5.69 Å². The smallest absolute Gasteiger partial charge is 0.275 e. The van der Waals surface area contributed by atoms with Crippen molar-refractivity contribution in [2.45, 2.75) is 32.7 Å². The van der Waals surface area contributed by atoms with E-state index in [9.17, 15) is 4.79 Å². The molecule has 1 fully saturated rings. The molecule has 1 unspecified atom stereocenters. The molecule has 158 valence electrons. The summed E-state index contributed by atoms with van der Waals surface area (Å²) in [7, 11) is 0. The molecule has 1 aliphatic heterocycles. The Kier molecular flexibility index (Phi) is 5.89. The van der Waals surface area contributed by atoms with E-state index >= 15 is 0 Å². The summed E-state index contributed by atoms with van der Waals surface area (Å²) in [6, 6.07) is 9.24. The average molecular weight is 416 g/mol. The fourth-order valence-corrected chi connectivity index (χ4v) is 3.93. The SMILES string of the molecule is Cc1ccc(-n2nccn2)c(C(=O)N2CCC[C@@H](C)C2CNc2ccc(C#N)cn2)n1. The number of aryl methyl sites for hydroxylation is 1. The molecule has 0 aromatic carbocycles. The second-order valence-electron chi connectivity index (χ2n) is 7.75. The van der Waals surface area contributed by atoms with Gasteiger partial charge in [-0.25, -0.2) is 9.97 Å². The number of aromatic nitrogens is 5. The Bertz CT molecular complexity index is 1090. The van der Waals surface area contributed by atoms with Gasteiger partial charge in [-0.05, 0) is 49.9 Å². The minimum absolute atomic E-state index is 0.0144. The first-order valence-corrected chi connectivity index (χ1v) is 10.3. The molecule has 1 saturated heterocycles. The van der Waals surface area contributed by atoms with E-state index in [1.807, 2.05) is 24.0 Å². The molecular weight excluding hydrogens is 392 g/mol. The molecule has 0 saturated carbocycles. The summed E-state index contributed by atoms with van der Waals surface area (Å²) in [4.78, 5) is 25.8. The van der Waals surface area contributed by atoms with E-state index in [1.54, 1.807) is 24.5 Å². The highest BCUT2D eigenvalue weighted by atomic mass is 16.2. The monoisotopic (exact) mass is 416 g/mol. The summed E-state index contributed by atoms with van der Waals surface area (Å²) in [5.41, 5.74) is 2.20. The van der Waals surface area contributed by atoms with Gasteiger partial charge in [-0.15, -0.1) is 4.80 Å². The third-order valence-electron chi connectivity index (χ3n) is 5.61. The standard InChI is InChI=1S/C22H24N8O/c1-15-4-3-11-29(19(15)14-25-20-8-6-17(12-23)13-24-20)22(31)21-18(7-5-16(2)28-21)30-26-9-10-27-30/h5-10,13,15,19H,3-4,11,14H2,1-2H3,(H,24,25)/t15-,19?/m1/s1. The van der Waals surface area contributed by atoms with E-state index in [0.29, 0.717) is 41.8 Å². The van der Waals surface area contributed by atoms with Gasteiger partial charge in [-0.3, -0.25) is 4.79 Å². The highest BCUT2D eigenvalue weighted by molar-refractivity contribution is 5.96. The lowest BCUT2D eigenvalue weighted by molar-refractivity contribution is 0.0533. The Hall–Kier alpha value is -3.80. The zero-order chi connectivity index (χ0) is 21.8. The third kappa shape index (κ3) is 4.38. The Labute approximate surface area is 180 Å². The largest absolute Gasteiger partial charge is 0.368 e. The number of piperidine rings is 1. The Balaban J connectivity index is 1.58. The average Bonchev–Trinajstić information content (AvgIpc) is 3.32. The predicted octanol–water partition coefficient (Wildman–Crippen LogP) is 2.59. The van der Waals surface area contributed by atoms with Gasteiger partial charge in [-0.2, -0.15) is 15.5 Å². The topological polar surface area (TPSA) is 113 Å². The fraction of sp³-hybridized carbons (Fsp3) is 0.364. The molecule has 3 aromatic rings. The summed E-state index contributed by atoms with van der Waals surface area (Å²) in [6.45, 7) is 5.26. The van der Waals surface area contributed by atoms with Crippen LogP contribution in [0, 0.1) is 24.2 Å². The number of carbonyl (C=O) groups excluding carboxylic acids is 1. The molecule has 0 aliphatic carbocycles. The van der Waals surface area contributed by atoms with Crippen molar-refractivity contribution in [3.8, 4) is 11.8 Å². The van der Waals surface area contributed by atoms with E-state index in [4.69, 9.17) is 5.26 Å². The van der Waals surface area contributed by atoms with Crippen molar-refractivity contribution in [2.24, 2.45) is 5.92 Å². The number of rotatable bonds is 5. The lowest BCUT2D eigenvalue weighted by atomic mass is 9.90. The maximum atomic E-state index is 13.6. The van der Waals surface area contributed by atoms with Crippen LogP contribution in [0.25, 0.3) is 5.69 Å². The number of likely N-dealkylation sites (tertiary alicyclic amines) is 1. The van der Waals surface area contributed by atoms with Crippen LogP contribution in [0.1, 0.15) is 41.5 Å². The van der Waals surface area contributed by atoms with Gasteiger partial charge in [0.25, 0.3) is 5.91 Å². The summed E-state index contributed by atoms with van der Waals surface area (Å²) in [5.74, 6) is 0.876. The molecular formula is C22H24N8O. The van der Waals surface area contributed by atoms with E-state index in [-0.39, 0.29) is 11.9 Å². The second kappa shape index (κ2) is 8.92. The molecule has 1 N–H and O–H groups in total. The van der Waals surface area contributed by atoms with E-state index in [0.717, 1.165) is 18.5 Å². The highest BCUT2D eigenvalue weighted by Crippen LogP contribution is 2.26. The second-order valence-corrected chi connectivity index (χ2v) is 7.75. The van der Waals surface area contributed by atoms with Crippen LogP contribution in [0.5, 0.6) is 0 Å². The molecule has 2 atom stereocenters. The number of nitrogens with one attached hydrogen (secondary N) is 1. The Morgan fingerprint density at radius 2 is 2.06 bits per heavy atom. The molecule has 9 nitrogen and oxygen atoms in total. The summed E-state index contributed by atoms with van der Waals surface area (Å²) >= 11 is 0. The van der Waals surface area contributed by atoms with E-state index in [2.05, 4.69) is 38.5 Å². The van der Waals surface area contributed by atoms with Crippen LogP contribution in [0.15, 0.2) is 42.9 Å². The number of pyridine rings is 2. The van der Waals surface area contributed by atoms with Crippen LogP contribution >= 0.6 is 0 Å². The molecule has 4 rings (SSSR count). The zero-order valence-electron chi connectivity index (χ0n) is 17.6.